The molecule has 122 valence electrons. The van der Waals surface area contributed by atoms with Gasteiger partial charge in [0.05, 0.1) is 23.4 Å². The molecule has 0 fully saturated rings. The molecule has 0 amide bonds. The van der Waals surface area contributed by atoms with E-state index in [1.807, 2.05) is 6.92 Å². The quantitative estimate of drug-likeness (QED) is 0.449. The van der Waals surface area contributed by atoms with Crippen LogP contribution in [-0.4, -0.2) is 21.0 Å². The molecule has 0 aliphatic carbocycles. The van der Waals surface area contributed by atoms with Crippen LogP contribution in [0.25, 0.3) is 0 Å². The molecule has 1 atom stereocenters. The number of hydrogen-bond donors (Lipinski definition) is 1. The number of aromatic nitrogens is 2. The van der Waals surface area contributed by atoms with Crippen LogP contribution >= 0.6 is 23.5 Å². The Morgan fingerprint density at radius 3 is 2.91 bits per heavy atom. The summed E-state index contributed by atoms with van der Waals surface area (Å²) in [6, 6.07) is 6.33. The number of nitrogens with one attached hydrogen (secondary N) is 1. The van der Waals surface area contributed by atoms with Gasteiger partial charge in [0, 0.05) is 11.4 Å². The molecule has 0 bridgehead atoms. The summed E-state index contributed by atoms with van der Waals surface area (Å²) in [5.74, 6) is -0.900. The van der Waals surface area contributed by atoms with Crippen LogP contribution < -0.4 is 4.72 Å². The van der Waals surface area contributed by atoms with Crippen LogP contribution in [0, 0.1) is 5.82 Å². The molecule has 0 radical (unpaired) electrons. The van der Waals surface area contributed by atoms with Crippen LogP contribution in [0.5, 0.6) is 0 Å². The molecular weight excluding hydrogens is 337 g/mol. The molecule has 2 aromatic rings. The number of carbonyl (C=O) groups excluding carboxylic acids is 1. The SMILES string of the molecule is CCC(C)SNc1cccc(C(=O)Cc2ccnc(Cl)n2)c1F. The zero-order valence-electron chi connectivity index (χ0n) is 12.8. The standard InChI is InChI=1S/C16H17ClFN3OS/c1-3-10(2)23-21-13-6-4-5-12(15(13)18)14(22)9-11-7-8-19-16(17)20-11/h4-8,10,21H,3,9H2,1-2H3. The first-order valence-corrected chi connectivity index (χ1v) is 8.47. The average Bonchev–Trinajstić information content (AvgIpc) is 2.53. The van der Waals surface area contributed by atoms with E-state index in [1.54, 1.807) is 18.2 Å². The van der Waals surface area contributed by atoms with Gasteiger partial charge >= 0.3 is 0 Å². The first kappa shape index (κ1) is 17.7. The van der Waals surface area contributed by atoms with Gasteiger partial charge in [-0.05, 0) is 48.2 Å². The third-order valence-electron chi connectivity index (χ3n) is 3.27. The maximum atomic E-state index is 14.5. The van der Waals surface area contributed by atoms with Crippen LogP contribution in [0.15, 0.2) is 30.5 Å². The molecule has 7 heteroatoms. The highest BCUT2D eigenvalue weighted by molar-refractivity contribution is 8.01. The molecule has 0 saturated carbocycles. The van der Waals surface area contributed by atoms with E-state index in [9.17, 15) is 9.18 Å². The third-order valence-corrected chi connectivity index (χ3v) is 4.53. The van der Waals surface area contributed by atoms with E-state index in [0.717, 1.165) is 6.42 Å². The highest BCUT2D eigenvalue weighted by Gasteiger charge is 2.16. The predicted molar refractivity (Wildman–Crippen MR) is 92.4 cm³/mol. The Labute approximate surface area is 144 Å². The summed E-state index contributed by atoms with van der Waals surface area (Å²) in [5.41, 5.74) is 0.804. The van der Waals surface area contributed by atoms with Gasteiger partial charge in [-0.25, -0.2) is 14.4 Å². The second-order valence-corrected chi connectivity index (χ2v) is 6.61. The number of anilines is 1. The van der Waals surface area contributed by atoms with Crippen LogP contribution in [0.4, 0.5) is 10.1 Å². The highest BCUT2D eigenvalue weighted by atomic mass is 35.5. The largest absolute Gasteiger partial charge is 0.327 e. The van der Waals surface area contributed by atoms with Crippen molar-refractivity contribution < 1.29 is 9.18 Å². The lowest BCUT2D eigenvalue weighted by atomic mass is 10.1. The van der Waals surface area contributed by atoms with Crippen molar-refractivity contribution in [3.05, 3.63) is 52.8 Å². The van der Waals surface area contributed by atoms with E-state index in [2.05, 4.69) is 21.6 Å². The molecule has 0 spiro atoms. The number of Topliss-reactive ketones (excluding diaryl/α,β-unsaturated/α-hetero) is 1. The molecule has 0 aliphatic rings. The van der Waals surface area contributed by atoms with Crippen molar-refractivity contribution in [3.8, 4) is 0 Å². The van der Waals surface area contributed by atoms with Crippen molar-refractivity contribution in [1.82, 2.24) is 9.97 Å². The van der Waals surface area contributed by atoms with E-state index < -0.39 is 5.82 Å². The molecular formula is C16H17ClFN3OS. The van der Waals surface area contributed by atoms with Gasteiger partial charge in [-0.3, -0.25) is 4.79 Å². The monoisotopic (exact) mass is 353 g/mol. The van der Waals surface area contributed by atoms with Gasteiger partial charge in [-0.2, -0.15) is 0 Å². The molecule has 1 N–H and O–H groups in total. The fraction of sp³-hybridized carbons (Fsp3) is 0.312. The Morgan fingerprint density at radius 1 is 1.43 bits per heavy atom. The second kappa shape index (κ2) is 8.26. The third kappa shape index (κ3) is 4.91. The van der Waals surface area contributed by atoms with Gasteiger partial charge in [0.2, 0.25) is 5.28 Å². The van der Waals surface area contributed by atoms with E-state index >= 15 is 0 Å². The summed E-state index contributed by atoms with van der Waals surface area (Å²) in [4.78, 5) is 20.0. The molecule has 1 aromatic carbocycles. The number of benzene rings is 1. The Kier molecular flexibility index (Phi) is 6.36. The predicted octanol–water partition coefficient (Wildman–Crippen LogP) is 4.55. The number of halogens is 2. The highest BCUT2D eigenvalue weighted by Crippen LogP contribution is 2.24. The maximum absolute atomic E-state index is 14.5. The maximum Gasteiger partial charge on any atom is 0.222 e. The number of carbonyl (C=O) groups is 1. The average molecular weight is 354 g/mol. The Hall–Kier alpha value is -1.66. The smallest absolute Gasteiger partial charge is 0.222 e. The van der Waals surface area contributed by atoms with Crippen molar-refractivity contribution in [2.75, 3.05) is 4.72 Å². The lowest BCUT2D eigenvalue weighted by molar-refractivity contribution is 0.0988. The van der Waals surface area contributed by atoms with Crippen LogP contribution in [0.3, 0.4) is 0 Å². The van der Waals surface area contributed by atoms with E-state index in [4.69, 9.17) is 11.6 Å². The number of rotatable bonds is 7. The van der Waals surface area contributed by atoms with Crippen molar-refractivity contribution in [1.29, 1.82) is 0 Å². The van der Waals surface area contributed by atoms with Crippen LogP contribution in [-0.2, 0) is 6.42 Å². The zero-order valence-corrected chi connectivity index (χ0v) is 14.4. The van der Waals surface area contributed by atoms with Crippen LogP contribution in [0.1, 0.15) is 36.3 Å². The Bertz CT molecular complexity index is 699. The fourth-order valence-electron chi connectivity index (χ4n) is 1.80. The van der Waals surface area contributed by atoms with Gasteiger partial charge < -0.3 is 4.72 Å². The fourth-order valence-corrected chi connectivity index (χ4v) is 2.62. The van der Waals surface area contributed by atoms with Gasteiger partial charge in [-0.15, -0.1) is 0 Å². The van der Waals surface area contributed by atoms with Gasteiger partial charge in [0.1, 0.15) is 0 Å². The summed E-state index contributed by atoms with van der Waals surface area (Å²) >= 11 is 7.13. The van der Waals surface area contributed by atoms with E-state index in [0.29, 0.717) is 16.6 Å². The molecule has 4 nitrogen and oxygen atoms in total. The number of nitrogens with zero attached hydrogens (tertiary/aromatic N) is 2. The summed E-state index contributed by atoms with van der Waals surface area (Å²) in [5, 5.41) is 0.410. The van der Waals surface area contributed by atoms with Crippen molar-refractivity contribution >= 4 is 35.0 Å². The summed E-state index contributed by atoms with van der Waals surface area (Å²) in [7, 11) is 0. The molecule has 2 rings (SSSR count). The van der Waals surface area contributed by atoms with E-state index in [1.165, 1.54) is 24.2 Å². The summed E-state index contributed by atoms with van der Waals surface area (Å²) in [6.07, 6.45) is 2.41. The Morgan fingerprint density at radius 2 is 2.22 bits per heavy atom. The Balaban J connectivity index is 2.14. The lowest BCUT2D eigenvalue weighted by Crippen LogP contribution is -2.09. The first-order valence-electron chi connectivity index (χ1n) is 7.22. The minimum Gasteiger partial charge on any atom is -0.327 e. The molecule has 0 saturated heterocycles. The van der Waals surface area contributed by atoms with Crippen molar-refractivity contribution in [2.45, 2.75) is 31.9 Å². The molecule has 1 unspecified atom stereocenters. The van der Waals surface area contributed by atoms with Crippen molar-refractivity contribution in [2.24, 2.45) is 0 Å². The van der Waals surface area contributed by atoms with Crippen molar-refractivity contribution in [3.63, 3.8) is 0 Å². The molecule has 1 heterocycles. The molecule has 23 heavy (non-hydrogen) atoms. The van der Waals surface area contributed by atoms with Crippen LogP contribution in [0.2, 0.25) is 5.28 Å². The minimum absolute atomic E-state index is 0.0267. The summed E-state index contributed by atoms with van der Waals surface area (Å²) < 4.78 is 17.5. The lowest BCUT2D eigenvalue weighted by Gasteiger charge is -2.12. The zero-order chi connectivity index (χ0) is 16.8. The topological polar surface area (TPSA) is 54.9 Å². The normalized spacial score (nSPS) is 12.0. The van der Waals surface area contributed by atoms with Gasteiger partial charge in [0.25, 0.3) is 0 Å². The number of hydrogen-bond acceptors (Lipinski definition) is 5. The van der Waals surface area contributed by atoms with Gasteiger partial charge in [-0.1, -0.05) is 19.9 Å². The van der Waals surface area contributed by atoms with Gasteiger partial charge in [0.15, 0.2) is 11.6 Å². The second-order valence-electron chi connectivity index (χ2n) is 5.02. The minimum atomic E-state index is -0.548. The van der Waals surface area contributed by atoms with E-state index in [-0.39, 0.29) is 23.1 Å². The first-order chi connectivity index (χ1) is 11.0. The molecule has 0 aliphatic heterocycles. The number of ketones is 1. The summed E-state index contributed by atoms with van der Waals surface area (Å²) in [6.45, 7) is 4.10. The molecule has 1 aromatic heterocycles.